The zero-order valence-corrected chi connectivity index (χ0v) is 27.4. The van der Waals surface area contributed by atoms with Crippen LogP contribution in [0.3, 0.4) is 0 Å². The van der Waals surface area contributed by atoms with Crippen LogP contribution in [-0.2, 0) is 7.05 Å². The van der Waals surface area contributed by atoms with Gasteiger partial charge in [-0.25, -0.2) is 4.98 Å². The molecule has 2 aromatic carbocycles. The topological polar surface area (TPSA) is 131 Å². The Morgan fingerprint density at radius 3 is 2.49 bits per heavy atom. The van der Waals surface area contributed by atoms with Crippen LogP contribution in [0.5, 0.6) is 11.5 Å². The first-order valence-electron chi connectivity index (χ1n) is 14.7. The molecule has 10 nitrogen and oxygen atoms in total. The normalized spacial score (nSPS) is 16.9. The minimum absolute atomic E-state index is 0. The molecule has 1 spiro atoms. The van der Waals surface area contributed by atoms with E-state index >= 15 is 0 Å². The predicted octanol–water partition coefficient (Wildman–Crippen LogP) is 0.494. The molecule has 1 aliphatic carbocycles. The van der Waals surface area contributed by atoms with Gasteiger partial charge >= 0.3 is 29.6 Å². The number of carbonyl (C=O) groups excluding carboxylic acids is 3. The van der Waals surface area contributed by atoms with Crippen molar-refractivity contribution in [2.45, 2.75) is 43.6 Å². The van der Waals surface area contributed by atoms with Crippen LogP contribution in [0.15, 0.2) is 59.5 Å². The number of carboxylic acids is 1. The predicted molar refractivity (Wildman–Crippen MR) is 159 cm³/mol. The van der Waals surface area contributed by atoms with Crippen LogP contribution in [0.1, 0.15) is 74.8 Å². The Labute approximate surface area is 281 Å². The summed E-state index contributed by atoms with van der Waals surface area (Å²) in [5.41, 5.74) is 1.91. The van der Waals surface area contributed by atoms with Crippen LogP contribution < -0.4 is 49.7 Å². The maximum Gasteiger partial charge on any atom is 1.00 e. The summed E-state index contributed by atoms with van der Waals surface area (Å²) in [7, 11) is 3.06. The van der Waals surface area contributed by atoms with E-state index in [0.717, 1.165) is 29.3 Å². The maximum atomic E-state index is 13.7. The van der Waals surface area contributed by atoms with Crippen LogP contribution in [0, 0.1) is 0 Å². The number of fused-ring (bicyclic) bond motifs is 2. The van der Waals surface area contributed by atoms with Crippen molar-refractivity contribution in [3.63, 3.8) is 0 Å². The van der Waals surface area contributed by atoms with Gasteiger partial charge in [-0.1, -0.05) is 18.2 Å². The van der Waals surface area contributed by atoms with E-state index in [2.05, 4.69) is 6.07 Å². The number of para-hydroxylation sites is 1. The third-order valence-corrected chi connectivity index (χ3v) is 9.08. The van der Waals surface area contributed by atoms with E-state index in [-0.39, 0.29) is 47.7 Å². The van der Waals surface area contributed by atoms with Crippen LogP contribution in [0.25, 0.3) is 22.0 Å². The Bertz CT molecular complexity index is 1940. The minimum atomic E-state index is -1.56. The number of amides is 1. The number of Topliss-reactive ketones (excluding diaryl/α,β-unsaturated/α-hetero) is 1. The largest absolute Gasteiger partial charge is 1.00 e. The summed E-state index contributed by atoms with van der Waals surface area (Å²) < 4.78 is 13.3. The van der Waals surface area contributed by atoms with Gasteiger partial charge in [0.05, 0.1) is 36.1 Å². The van der Waals surface area contributed by atoms with Gasteiger partial charge in [0.1, 0.15) is 22.8 Å². The first-order valence-corrected chi connectivity index (χ1v) is 14.7. The van der Waals surface area contributed by atoms with Gasteiger partial charge in [-0.3, -0.25) is 14.4 Å². The standard InChI is InChI=1S/C34H31N3O7.Na/c1-36-18-21(15-25(31(36)39)33(41)42)20-8-9-28-24(14-20)27(38)17-34(44-28)10-12-37(13-11-34)32(40)26-16-29(43-2)23-5-3-4-22(19-6-7-19)30(23)35-26;/h3-5,8-9,14-16,18-19H,6-7,10-13,17H2,1-2H3,(H,41,42);/q;+1/p-1. The van der Waals surface area contributed by atoms with Crippen molar-refractivity contribution in [3.8, 4) is 22.6 Å². The van der Waals surface area contributed by atoms with Crippen molar-refractivity contribution in [2.24, 2.45) is 7.05 Å². The number of ether oxygens (including phenoxy) is 2. The molecule has 1 saturated heterocycles. The van der Waals surface area contributed by atoms with Gasteiger partial charge in [0.2, 0.25) is 0 Å². The number of rotatable bonds is 5. The number of hydrogen-bond acceptors (Lipinski definition) is 8. The van der Waals surface area contributed by atoms with Gasteiger partial charge in [-0.05, 0) is 59.7 Å². The molecule has 1 amide bonds. The molecular weight excluding hydrogens is 585 g/mol. The summed E-state index contributed by atoms with van der Waals surface area (Å²) in [6, 6.07) is 14.1. The third-order valence-electron chi connectivity index (χ3n) is 9.08. The molecular formula is C34H30N3NaO7. The molecule has 7 rings (SSSR count). The molecule has 4 aromatic rings. The second-order valence-electron chi connectivity index (χ2n) is 12.0. The number of methoxy groups -OCH3 is 1. The Morgan fingerprint density at radius 2 is 1.80 bits per heavy atom. The molecule has 2 aliphatic heterocycles. The number of ketones is 1. The van der Waals surface area contributed by atoms with Gasteiger partial charge in [-0.15, -0.1) is 0 Å². The average Bonchev–Trinajstić information content (AvgIpc) is 3.87. The zero-order valence-electron chi connectivity index (χ0n) is 25.4. The van der Waals surface area contributed by atoms with Crippen molar-refractivity contribution in [2.75, 3.05) is 20.2 Å². The number of piperidine rings is 1. The molecule has 45 heavy (non-hydrogen) atoms. The van der Waals surface area contributed by atoms with E-state index in [4.69, 9.17) is 14.5 Å². The SMILES string of the molecule is COc1cc(C(=O)N2CCC3(CC2)CC(=O)c2cc(-c4cc(C(=O)[O-])c(=O)n(C)c4)ccc2O3)nc2c(C3CC3)cccc12.[Na+]. The molecule has 1 saturated carbocycles. The molecule has 2 aromatic heterocycles. The molecule has 0 bridgehead atoms. The molecule has 0 atom stereocenters. The number of carboxylic acid groups (broad SMARTS) is 1. The number of aromatic carboxylic acids is 1. The Kier molecular flexibility index (Phi) is 8.09. The molecule has 2 fully saturated rings. The third kappa shape index (κ3) is 5.55. The van der Waals surface area contributed by atoms with E-state index < -0.39 is 22.7 Å². The fourth-order valence-electron chi connectivity index (χ4n) is 6.49. The van der Waals surface area contributed by atoms with Gasteiger partial charge in [0.25, 0.3) is 11.5 Å². The summed E-state index contributed by atoms with van der Waals surface area (Å²) in [6.07, 6.45) is 4.89. The molecule has 0 radical (unpaired) electrons. The van der Waals surface area contributed by atoms with E-state index in [1.54, 1.807) is 36.3 Å². The molecule has 4 heterocycles. The first-order chi connectivity index (χ1) is 21.2. The number of aryl methyl sites for hydroxylation is 1. The first kappa shape index (κ1) is 31.0. The molecule has 0 unspecified atom stereocenters. The summed E-state index contributed by atoms with van der Waals surface area (Å²) in [6.45, 7) is 0.825. The van der Waals surface area contributed by atoms with Crippen molar-refractivity contribution in [3.05, 3.63) is 87.5 Å². The zero-order chi connectivity index (χ0) is 30.7. The van der Waals surface area contributed by atoms with E-state index in [1.165, 1.54) is 23.9 Å². The number of benzene rings is 2. The Balaban J connectivity index is 0.00000357. The summed E-state index contributed by atoms with van der Waals surface area (Å²) in [4.78, 5) is 57.3. The van der Waals surface area contributed by atoms with Gasteiger partial charge in [0, 0.05) is 50.6 Å². The van der Waals surface area contributed by atoms with Crippen molar-refractivity contribution in [1.82, 2.24) is 14.5 Å². The second kappa shape index (κ2) is 11.7. The van der Waals surface area contributed by atoms with Crippen molar-refractivity contribution < 1.29 is 58.5 Å². The fraction of sp³-hybridized carbons (Fsp3) is 0.324. The molecule has 224 valence electrons. The number of likely N-dealkylation sites (tertiary alicyclic amines) is 1. The van der Waals surface area contributed by atoms with E-state index in [1.807, 2.05) is 12.1 Å². The van der Waals surface area contributed by atoms with Crippen molar-refractivity contribution in [1.29, 1.82) is 0 Å². The van der Waals surface area contributed by atoms with Crippen molar-refractivity contribution >= 4 is 28.6 Å². The number of carbonyl (C=O) groups is 3. The number of hydrogen-bond donors (Lipinski definition) is 0. The van der Waals surface area contributed by atoms with Crippen LogP contribution in [0.4, 0.5) is 0 Å². The monoisotopic (exact) mass is 615 g/mol. The van der Waals surface area contributed by atoms with Gasteiger partial charge in [0.15, 0.2) is 5.78 Å². The summed E-state index contributed by atoms with van der Waals surface area (Å²) >= 11 is 0. The molecule has 3 aliphatic rings. The van der Waals surface area contributed by atoms with Crippen LogP contribution in [-0.4, -0.2) is 57.9 Å². The summed E-state index contributed by atoms with van der Waals surface area (Å²) in [5.74, 6) is -0.284. The fourth-order valence-corrected chi connectivity index (χ4v) is 6.49. The minimum Gasteiger partial charge on any atom is -0.545 e. The Hall–Kier alpha value is -3.99. The number of pyridine rings is 2. The second-order valence-corrected chi connectivity index (χ2v) is 12.0. The van der Waals surface area contributed by atoms with Crippen LogP contribution >= 0.6 is 0 Å². The molecule has 0 N–H and O–H groups in total. The molecule has 11 heteroatoms. The van der Waals surface area contributed by atoms with Gasteiger partial charge < -0.3 is 28.8 Å². The quantitative estimate of drug-likeness (QED) is 0.297. The summed E-state index contributed by atoms with van der Waals surface area (Å²) in [5, 5.41) is 12.3. The van der Waals surface area contributed by atoms with E-state index in [0.29, 0.717) is 65.7 Å². The number of aromatic nitrogens is 2. The van der Waals surface area contributed by atoms with Crippen LogP contribution in [0.2, 0.25) is 0 Å². The Morgan fingerprint density at radius 1 is 1.04 bits per heavy atom. The number of nitrogens with zero attached hydrogens (tertiary/aromatic N) is 3. The van der Waals surface area contributed by atoms with E-state index in [9.17, 15) is 24.3 Å². The maximum absolute atomic E-state index is 13.7. The average molecular weight is 616 g/mol. The smallest absolute Gasteiger partial charge is 0.545 e. The van der Waals surface area contributed by atoms with Gasteiger partial charge in [-0.2, -0.15) is 0 Å².